The molecule has 0 bridgehead atoms. The summed E-state index contributed by atoms with van der Waals surface area (Å²) in [6.07, 6.45) is 0. The minimum absolute atomic E-state index is 0.768. The van der Waals surface area contributed by atoms with Crippen molar-refractivity contribution in [3.63, 3.8) is 0 Å². The van der Waals surface area contributed by atoms with Crippen molar-refractivity contribution in [2.75, 3.05) is 7.05 Å². The van der Waals surface area contributed by atoms with Gasteiger partial charge in [0.25, 0.3) is 0 Å². The van der Waals surface area contributed by atoms with E-state index in [-0.39, 0.29) is 0 Å². The van der Waals surface area contributed by atoms with Crippen LogP contribution in [-0.2, 0) is 13.6 Å². The van der Waals surface area contributed by atoms with Gasteiger partial charge in [-0.2, -0.15) is 5.10 Å². The van der Waals surface area contributed by atoms with Gasteiger partial charge in [-0.1, -0.05) is 0 Å². The van der Waals surface area contributed by atoms with Crippen molar-refractivity contribution in [2.24, 2.45) is 7.05 Å². The maximum Gasteiger partial charge on any atom is 0.155 e. The van der Waals surface area contributed by atoms with Gasteiger partial charge < -0.3 is 9.73 Å². The van der Waals surface area contributed by atoms with Gasteiger partial charge in [0.1, 0.15) is 11.5 Å². The smallest absolute Gasteiger partial charge is 0.155 e. The quantitative estimate of drug-likeness (QED) is 0.941. The summed E-state index contributed by atoms with van der Waals surface area (Å²) in [6.45, 7) is 2.69. The maximum absolute atomic E-state index is 5.57. The van der Waals surface area contributed by atoms with E-state index < -0.39 is 0 Å². The van der Waals surface area contributed by atoms with Gasteiger partial charge in [0, 0.05) is 13.6 Å². The predicted octanol–water partition coefficient (Wildman–Crippen LogP) is 2.47. The first-order chi connectivity index (χ1) is 7.63. The molecule has 2 rings (SSSR count). The summed E-state index contributed by atoms with van der Waals surface area (Å²) in [5.74, 6) is 1.69. The lowest BCUT2D eigenvalue weighted by Gasteiger charge is -1.99. The number of aryl methyl sites for hydroxylation is 2. The van der Waals surface area contributed by atoms with Crippen LogP contribution in [0.4, 0.5) is 0 Å². The second-order valence-corrected chi connectivity index (χ2v) is 4.47. The average molecular weight is 284 g/mol. The predicted molar refractivity (Wildman–Crippen MR) is 66.1 cm³/mol. The lowest BCUT2D eigenvalue weighted by molar-refractivity contribution is 0.544. The van der Waals surface area contributed by atoms with Crippen molar-refractivity contribution < 1.29 is 4.42 Å². The topological polar surface area (TPSA) is 43.0 Å². The third kappa shape index (κ3) is 1.92. The zero-order valence-electron chi connectivity index (χ0n) is 9.54. The Labute approximate surface area is 103 Å². The standard InChI is InChI=1S/C11H14BrN3O/c1-7-4-5-9(16-7)11-10(12)8(6-13-2)15(3)14-11/h4-5,13H,6H2,1-3H3. The molecule has 0 fully saturated rings. The molecule has 2 aromatic rings. The van der Waals surface area contributed by atoms with E-state index in [1.807, 2.05) is 37.8 Å². The molecule has 0 aliphatic carbocycles. The van der Waals surface area contributed by atoms with Crippen LogP contribution in [0.25, 0.3) is 11.5 Å². The van der Waals surface area contributed by atoms with Crippen LogP contribution >= 0.6 is 15.9 Å². The monoisotopic (exact) mass is 283 g/mol. The first kappa shape index (κ1) is 11.4. The Bertz CT molecular complexity index is 501. The summed E-state index contributed by atoms with van der Waals surface area (Å²) in [7, 11) is 3.84. The molecule has 86 valence electrons. The normalized spacial score (nSPS) is 11.0. The third-order valence-electron chi connectivity index (χ3n) is 2.42. The van der Waals surface area contributed by atoms with E-state index in [9.17, 15) is 0 Å². The van der Waals surface area contributed by atoms with Crippen LogP contribution in [-0.4, -0.2) is 16.8 Å². The van der Waals surface area contributed by atoms with Crippen LogP contribution in [0.3, 0.4) is 0 Å². The zero-order chi connectivity index (χ0) is 11.7. The van der Waals surface area contributed by atoms with E-state index in [2.05, 4.69) is 26.3 Å². The average Bonchev–Trinajstić information content (AvgIpc) is 2.77. The molecule has 0 aliphatic heterocycles. The van der Waals surface area contributed by atoms with Gasteiger partial charge in [-0.3, -0.25) is 4.68 Å². The lowest BCUT2D eigenvalue weighted by atomic mass is 10.3. The van der Waals surface area contributed by atoms with Crippen LogP contribution in [0.2, 0.25) is 0 Å². The third-order valence-corrected chi connectivity index (χ3v) is 3.25. The number of furan rings is 1. The molecule has 0 aliphatic rings. The first-order valence-corrected chi connectivity index (χ1v) is 5.85. The van der Waals surface area contributed by atoms with Crippen LogP contribution in [0, 0.1) is 6.92 Å². The summed E-state index contributed by atoms with van der Waals surface area (Å²) < 4.78 is 8.41. The summed E-state index contributed by atoms with van der Waals surface area (Å²) >= 11 is 3.57. The summed E-state index contributed by atoms with van der Waals surface area (Å²) in [6, 6.07) is 3.87. The minimum Gasteiger partial charge on any atom is -0.460 e. The van der Waals surface area contributed by atoms with E-state index in [0.717, 1.165) is 33.9 Å². The summed E-state index contributed by atoms with van der Waals surface area (Å²) in [5, 5.41) is 7.56. The van der Waals surface area contributed by atoms with Crippen molar-refractivity contribution >= 4 is 15.9 Å². The molecular formula is C11H14BrN3O. The number of hydrogen-bond donors (Lipinski definition) is 1. The molecule has 1 N–H and O–H groups in total. The van der Waals surface area contributed by atoms with Gasteiger partial charge in [0.15, 0.2) is 5.76 Å². The fourth-order valence-electron chi connectivity index (χ4n) is 1.61. The molecule has 0 aromatic carbocycles. The Morgan fingerprint density at radius 3 is 2.81 bits per heavy atom. The molecular weight excluding hydrogens is 270 g/mol. The van der Waals surface area contributed by atoms with Crippen LogP contribution in [0.15, 0.2) is 21.0 Å². The van der Waals surface area contributed by atoms with Gasteiger partial charge in [0.05, 0.1) is 10.2 Å². The van der Waals surface area contributed by atoms with Gasteiger partial charge in [0.2, 0.25) is 0 Å². The minimum atomic E-state index is 0.768. The van der Waals surface area contributed by atoms with Crippen molar-refractivity contribution in [1.29, 1.82) is 0 Å². The molecule has 2 aromatic heterocycles. The molecule has 0 radical (unpaired) electrons. The summed E-state index contributed by atoms with van der Waals surface area (Å²) in [5.41, 5.74) is 1.95. The largest absolute Gasteiger partial charge is 0.460 e. The lowest BCUT2D eigenvalue weighted by Crippen LogP contribution is -2.10. The van der Waals surface area contributed by atoms with Crippen LogP contribution < -0.4 is 5.32 Å². The second-order valence-electron chi connectivity index (χ2n) is 3.67. The molecule has 4 nitrogen and oxygen atoms in total. The highest BCUT2D eigenvalue weighted by Gasteiger charge is 2.16. The van der Waals surface area contributed by atoms with E-state index in [4.69, 9.17) is 4.42 Å². The number of halogens is 1. The number of rotatable bonds is 3. The van der Waals surface area contributed by atoms with Gasteiger partial charge in [-0.25, -0.2) is 0 Å². The SMILES string of the molecule is CNCc1c(Br)c(-c2ccc(C)o2)nn1C. The Hall–Kier alpha value is -1.07. The first-order valence-electron chi connectivity index (χ1n) is 5.06. The van der Waals surface area contributed by atoms with Crippen molar-refractivity contribution in [1.82, 2.24) is 15.1 Å². The van der Waals surface area contributed by atoms with Crippen molar-refractivity contribution in [3.05, 3.63) is 28.1 Å². The molecule has 16 heavy (non-hydrogen) atoms. The zero-order valence-corrected chi connectivity index (χ0v) is 11.1. The molecule has 0 spiro atoms. The molecule has 2 heterocycles. The highest BCUT2D eigenvalue weighted by atomic mass is 79.9. The summed E-state index contributed by atoms with van der Waals surface area (Å²) in [4.78, 5) is 0. The van der Waals surface area contributed by atoms with Gasteiger partial charge >= 0.3 is 0 Å². The number of nitrogens with one attached hydrogen (secondary N) is 1. The Balaban J connectivity index is 2.46. The maximum atomic E-state index is 5.57. The molecule has 5 heteroatoms. The van der Waals surface area contributed by atoms with Crippen molar-refractivity contribution in [3.8, 4) is 11.5 Å². The molecule has 0 atom stereocenters. The Kier molecular flexibility index (Phi) is 3.16. The molecule has 0 unspecified atom stereocenters. The molecule has 0 saturated carbocycles. The van der Waals surface area contributed by atoms with Crippen LogP contribution in [0.5, 0.6) is 0 Å². The Morgan fingerprint density at radius 1 is 1.50 bits per heavy atom. The number of aromatic nitrogens is 2. The van der Waals surface area contributed by atoms with Crippen molar-refractivity contribution in [2.45, 2.75) is 13.5 Å². The number of hydrogen-bond acceptors (Lipinski definition) is 3. The fraction of sp³-hybridized carbons (Fsp3) is 0.364. The van der Waals surface area contributed by atoms with Crippen LogP contribution in [0.1, 0.15) is 11.5 Å². The molecule has 0 saturated heterocycles. The van der Waals surface area contributed by atoms with E-state index >= 15 is 0 Å². The number of nitrogens with zero attached hydrogens (tertiary/aromatic N) is 2. The highest BCUT2D eigenvalue weighted by Crippen LogP contribution is 2.31. The van der Waals surface area contributed by atoms with E-state index in [1.165, 1.54) is 0 Å². The second kappa shape index (κ2) is 4.43. The van der Waals surface area contributed by atoms with E-state index in [1.54, 1.807) is 0 Å². The fourth-order valence-corrected chi connectivity index (χ4v) is 2.28. The van der Waals surface area contributed by atoms with Gasteiger partial charge in [-0.15, -0.1) is 0 Å². The highest BCUT2D eigenvalue weighted by molar-refractivity contribution is 9.10. The van der Waals surface area contributed by atoms with Gasteiger partial charge in [-0.05, 0) is 42.0 Å². The molecule has 0 amide bonds. The van der Waals surface area contributed by atoms with E-state index in [0.29, 0.717) is 0 Å². The Morgan fingerprint density at radius 2 is 2.25 bits per heavy atom.